The van der Waals surface area contributed by atoms with Gasteiger partial charge in [-0.15, -0.1) is 11.3 Å². The van der Waals surface area contributed by atoms with Crippen LogP contribution < -0.4 is 14.8 Å². The van der Waals surface area contributed by atoms with E-state index in [-0.39, 0.29) is 12.5 Å². The monoisotopic (exact) mass is 499 g/mol. The third-order valence-corrected chi connectivity index (χ3v) is 6.23. The third kappa shape index (κ3) is 6.85. The van der Waals surface area contributed by atoms with Crippen LogP contribution in [0.15, 0.2) is 54.6 Å². The molecule has 0 bridgehead atoms. The van der Waals surface area contributed by atoms with E-state index in [2.05, 4.69) is 5.32 Å². The Morgan fingerprint density at radius 1 is 1.06 bits per heavy atom. The predicted octanol–water partition coefficient (Wildman–Crippen LogP) is 6.38. The predicted molar refractivity (Wildman–Crippen MR) is 136 cm³/mol. The van der Waals surface area contributed by atoms with Crippen LogP contribution in [0.25, 0.3) is 6.08 Å². The molecule has 0 aliphatic carbocycles. The Morgan fingerprint density at radius 3 is 2.50 bits per heavy atom. The molecule has 0 saturated heterocycles. The molecular formula is C26H26ClNO5S. The van der Waals surface area contributed by atoms with Crippen LogP contribution in [0.2, 0.25) is 5.02 Å². The molecule has 1 amide bonds. The van der Waals surface area contributed by atoms with Gasteiger partial charge >= 0.3 is 5.97 Å². The number of carbonyl (C=O) groups excluding carboxylic acids is 2. The molecule has 0 aliphatic heterocycles. The van der Waals surface area contributed by atoms with E-state index < -0.39 is 5.97 Å². The summed E-state index contributed by atoms with van der Waals surface area (Å²) in [7, 11) is 1.56. The lowest BCUT2D eigenvalue weighted by Gasteiger charge is -2.11. The topological polar surface area (TPSA) is 73.9 Å². The molecule has 0 unspecified atom stereocenters. The van der Waals surface area contributed by atoms with E-state index in [1.54, 1.807) is 38.3 Å². The van der Waals surface area contributed by atoms with E-state index >= 15 is 0 Å². The molecule has 2 aromatic carbocycles. The highest BCUT2D eigenvalue weighted by Crippen LogP contribution is 2.31. The van der Waals surface area contributed by atoms with Crippen molar-refractivity contribution >= 4 is 45.9 Å². The number of aryl methyl sites for hydroxylation is 1. The van der Waals surface area contributed by atoms with Gasteiger partial charge in [-0.25, -0.2) is 4.79 Å². The Labute approximate surface area is 208 Å². The average molecular weight is 500 g/mol. The fourth-order valence-electron chi connectivity index (χ4n) is 3.04. The molecule has 0 fully saturated rings. The van der Waals surface area contributed by atoms with E-state index in [0.717, 1.165) is 22.4 Å². The van der Waals surface area contributed by atoms with Crippen molar-refractivity contribution in [3.05, 3.63) is 81.2 Å². The van der Waals surface area contributed by atoms with Gasteiger partial charge < -0.3 is 19.5 Å². The Bertz CT molecular complexity index is 1170. The average Bonchev–Trinajstić information content (AvgIpc) is 3.25. The zero-order chi connectivity index (χ0) is 24.5. The molecule has 6 nitrogen and oxygen atoms in total. The molecule has 3 rings (SSSR count). The van der Waals surface area contributed by atoms with Crippen molar-refractivity contribution in [3.8, 4) is 11.5 Å². The smallest absolute Gasteiger partial charge is 0.341 e. The van der Waals surface area contributed by atoms with E-state index in [0.29, 0.717) is 33.7 Å². The number of methoxy groups -OCH3 is 1. The highest BCUT2D eigenvalue weighted by molar-refractivity contribution is 7.16. The fourth-order valence-corrected chi connectivity index (χ4v) is 4.16. The molecule has 1 heterocycles. The number of rotatable bonds is 10. The second kappa shape index (κ2) is 12.3. The first kappa shape index (κ1) is 25.3. The molecule has 8 heteroatoms. The van der Waals surface area contributed by atoms with E-state index in [4.69, 9.17) is 25.8 Å². The maximum Gasteiger partial charge on any atom is 0.341 e. The normalized spacial score (nSPS) is 10.8. The lowest BCUT2D eigenvalue weighted by atomic mass is 10.2. The summed E-state index contributed by atoms with van der Waals surface area (Å²) in [5.74, 6) is 0.338. The van der Waals surface area contributed by atoms with Gasteiger partial charge in [0.25, 0.3) is 0 Å². The summed E-state index contributed by atoms with van der Waals surface area (Å²) in [6.45, 7) is 4.37. The molecule has 34 heavy (non-hydrogen) atoms. The van der Waals surface area contributed by atoms with Gasteiger partial charge in [-0.3, -0.25) is 4.79 Å². The van der Waals surface area contributed by atoms with Crippen LogP contribution in [0.4, 0.5) is 5.00 Å². The maximum atomic E-state index is 12.5. The molecule has 0 saturated carbocycles. The number of nitrogens with one attached hydrogen (secondary N) is 1. The minimum Gasteiger partial charge on any atom is -0.493 e. The Hall–Kier alpha value is -3.29. The van der Waals surface area contributed by atoms with Crippen LogP contribution in [-0.4, -0.2) is 25.6 Å². The van der Waals surface area contributed by atoms with E-state index in [1.807, 2.05) is 37.3 Å². The minimum absolute atomic E-state index is 0.269. The highest BCUT2D eigenvalue weighted by Gasteiger charge is 2.18. The van der Waals surface area contributed by atoms with Crippen molar-refractivity contribution in [3.63, 3.8) is 0 Å². The quantitative estimate of drug-likeness (QED) is 0.259. The SMILES string of the molecule is CCOC(=O)c1cc(CC)sc1NC(=O)C=Cc1ccc(OCc2ccc(Cl)cc2)c(OC)c1. The zero-order valence-corrected chi connectivity index (χ0v) is 20.8. The number of amides is 1. The molecule has 1 N–H and O–H groups in total. The zero-order valence-electron chi connectivity index (χ0n) is 19.2. The van der Waals surface area contributed by atoms with Crippen LogP contribution in [0, 0.1) is 0 Å². The van der Waals surface area contributed by atoms with Gasteiger partial charge in [0.05, 0.1) is 19.3 Å². The van der Waals surface area contributed by atoms with Crippen molar-refractivity contribution in [1.82, 2.24) is 0 Å². The number of ether oxygens (including phenoxy) is 3. The number of esters is 1. The molecule has 1 aromatic heterocycles. The second-order valence-corrected chi connectivity index (χ2v) is 8.75. The molecule has 0 atom stereocenters. The third-order valence-electron chi connectivity index (χ3n) is 4.79. The van der Waals surface area contributed by atoms with Gasteiger partial charge in [0.2, 0.25) is 5.91 Å². The molecule has 3 aromatic rings. The van der Waals surface area contributed by atoms with Crippen molar-refractivity contribution in [2.45, 2.75) is 26.9 Å². The lowest BCUT2D eigenvalue weighted by molar-refractivity contribution is -0.111. The number of hydrogen-bond acceptors (Lipinski definition) is 6. The largest absolute Gasteiger partial charge is 0.493 e. The van der Waals surface area contributed by atoms with Gasteiger partial charge in [0, 0.05) is 16.0 Å². The van der Waals surface area contributed by atoms with Gasteiger partial charge in [0.1, 0.15) is 11.6 Å². The van der Waals surface area contributed by atoms with Gasteiger partial charge in [-0.1, -0.05) is 36.7 Å². The minimum atomic E-state index is -0.448. The Morgan fingerprint density at radius 2 is 1.82 bits per heavy atom. The Balaban J connectivity index is 1.67. The van der Waals surface area contributed by atoms with Gasteiger partial charge in [-0.2, -0.15) is 0 Å². The summed E-state index contributed by atoms with van der Waals surface area (Å²) in [6.07, 6.45) is 3.83. The number of benzene rings is 2. The molecular weight excluding hydrogens is 474 g/mol. The first-order chi connectivity index (χ1) is 16.4. The van der Waals surface area contributed by atoms with Crippen molar-refractivity contribution in [2.24, 2.45) is 0 Å². The first-order valence-corrected chi connectivity index (χ1v) is 12.0. The number of hydrogen-bond donors (Lipinski definition) is 1. The Kier molecular flexibility index (Phi) is 9.13. The summed E-state index contributed by atoms with van der Waals surface area (Å²) in [6, 6.07) is 14.6. The van der Waals surface area contributed by atoms with Crippen LogP contribution in [0.3, 0.4) is 0 Å². The first-order valence-electron chi connectivity index (χ1n) is 10.8. The van der Waals surface area contributed by atoms with Gasteiger partial charge in [0.15, 0.2) is 11.5 Å². The highest BCUT2D eigenvalue weighted by atomic mass is 35.5. The van der Waals surface area contributed by atoms with Crippen molar-refractivity contribution < 1.29 is 23.8 Å². The van der Waals surface area contributed by atoms with Crippen molar-refractivity contribution in [1.29, 1.82) is 0 Å². The number of halogens is 1. The van der Waals surface area contributed by atoms with E-state index in [1.165, 1.54) is 17.4 Å². The molecule has 0 spiro atoms. The number of anilines is 1. The van der Waals surface area contributed by atoms with Crippen LogP contribution >= 0.6 is 22.9 Å². The molecule has 0 radical (unpaired) electrons. The van der Waals surface area contributed by atoms with Crippen molar-refractivity contribution in [2.75, 3.05) is 19.0 Å². The molecule has 178 valence electrons. The summed E-state index contributed by atoms with van der Waals surface area (Å²) in [5.41, 5.74) is 2.11. The molecule has 0 aliphatic rings. The van der Waals surface area contributed by atoms with Crippen LogP contribution in [0.5, 0.6) is 11.5 Å². The van der Waals surface area contributed by atoms with Crippen LogP contribution in [-0.2, 0) is 22.6 Å². The number of thiophene rings is 1. The lowest BCUT2D eigenvalue weighted by Crippen LogP contribution is -2.11. The maximum absolute atomic E-state index is 12.5. The fraction of sp³-hybridized carbons (Fsp3) is 0.231. The number of carbonyl (C=O) groups is 2. The van der Waals surface area contributed by atoms with Crippen LogP contribution in [0.1, 0.15) is 40.2 Å². The second-order valence-electron chi connectivity index (χ2n) is 7.18. The van der Waals surface area contributed by atoms with Gasteiger partial charge in [-0.05, 0) is 60.9 Å². The summed E-state index contributed by atoms with van der Waals surface area (Å²) in [5, 5.41) is 3.93. The standard InChI is InChI=1S/C26H26ClNO5S/c1-4-20-15-21(26(30)32-5-2)25(34-20)28-24(29)13-9-17-8-12-22(23(14-17)31-3)33-16-18-6-10-19(27)11-7-18/h6-15H,4-5,16H2,1-3H3,(H,28,29). The summed E-state index contributed by atoms with van der Waals surface area (Å²) < 4.78 is 16.4. The summed E-state index contributed by atoms with van der Waals surface area (Å²) in [4.78, 5) is 25.7. The summed E-state index contributed by atoms with van der Waals surface area (Å²) >= 11 is 7.28. The van der Waals surface area contributed by atoms with E-state index in [9.17, 15) is 9.59 Å².